The number of hydrogen-bond acceptors (Lipinski definition) is 5. The summed E-state index contributed by atoms with van der Waals surface area (Å²) >= 11 is 1.67. The van der Waals surface area contributed by atoms with E-state index in [4.69, 9.17) is 4.42 Å². The topological polar surface area (TPSA) is 49.6 Å². The highest BCUT2D eigenvalue weighted by molar-refractivity contribution is 7.09. The summed E-state index contributed by atoms with van der Waals surface area (Å²) in [7, 11) is 0. The first-order valence-electron chi connectivity index (χ1n) is 9.70. The molecule has 2 aromatic rings. The molecule has 1 amide bonds. The number of thiazole rings is 1. The van der Waals surface area contributed by atoms with Crippen molar-refractivity contribution < 1.29 is 9.21 Å². The molecule has 0 aromatic carbocycles. The summed E-state index contributed by atoms with van der Waals surface area (Å²) in [5.74, 6) is 1.40. The van der Waals surface area contributed by atoms with E-state index in [0.29, 0.717) is 5.91 Å². The highest BCUT2D eigenvalue weighted by Gasteiger charge is 2.26. The first-order valence-corrected chi connectivity index (χ1v) is 10.6. The van der Waals surface area contributed by atoms with Gasteiger partial charge in [0.05, 0.1) is 12.8 Å². The van der Waals surface area contributed by atoms with E-state index >= 15 is 0 Å². The molecule has 1 aliphatic rings. The van der Waals surface area contributed by atoms with E-state index in [1.54, 1.807) is 17.6 Å². The molecule has 1 saturated heterocycles. The summed E-state index contributed by atoms with van der Waals surface area (Å²) in [5.41, 5.74) is 0.908. The van der Waals surface area contributed by atoms with E-state index in [1.807, 2.05) is 17.5 Å². The minimum absolute atomic E-state index is 0.214. The van der Waals surface area contributed by atoms with Crippen molar-refractivity contribution in [2.75, 3.05) is 26.2 Å². The molecule has 0 saturated carbocycles. The van der Waals surface area contributed by atoms with Gasteiger partial charge in [-0.1, -0.05) is 26.7 Å². The van der Waals surface area contributed by atoms with Crippen molar-refractivity contribution in [1.82, 2.24) is 14.8 Å². The normalized spacial score (nSPS) is 15.7. The van der Waals surface area contributed by atoms with Gasteiger partial charge in [-0.25, -0.2) is 4.98 Å². The van der Waals surface area contributed by atoms with Crippen LogP contribution in [0.15, 0.2) is 28.2 Å². The SMILES string of the molecule is CCCC(CCC)C(=O)N1CCN(Cc2nc(-c3ccco3)cs2)CC1. The molecule has 2 aromatic heterocycles. The maximum atomic E-state index is 12.8. The fraction of sp³-hybridized carbons (Fsp3) is 0.600. The molecular weight excluding hydrogens is 346 g/mol. The smallest absolute Gasteiger partial charge is 0.225 e. The van der Waals surface area contributed by atoms with Crippen LogP contribution in [0.1, 0.15) is 44.5 Å². The van der Waals surface area contributed by atoms with Gasteiger partial charge in [-0.15, -0.1) is 11.3 Å². The number of piperazine rings is 1. The molecule has 0 bridgehead atoms. The number of amides is 1. The first kappa shape index (κ1) is 19.1. The Bertz CT molecular complexity index is 669. The zero-order valence-electron chi connectivity index (χ0n) is 15.8. The predicted octanol–water partition coefficient (Wildman–Crippen LogP) is 4.26. The summed E-state index contributed by atoms with van der Waals surface area (Å²) in [6.07, 6.45) is 5.87. The van der Waals surface area contributed by atoms with E-state index in [0.717, 1.165) is 74.9 Å². The summed E-state index contributed by atoms with van der Waals surface area (Å²) < 4.78 is 5.41. The maximum Gasteiger partial charge on any atom is 0.225 e. The minimum Gasteiger partial charge on any atom is -0.463 e. The largest absolute Gasteiger partial charge is 0.463 e. The van der Waals surface area contributed by atoms with Crippen molar-refractivity contribution >= 4 is 17.2 Å². The van der Waals surface area contributed by atoms with E-state index < -0.39 is 0 Å². The van der Waals surface area contributed by atoms with Gasteiger partial charge in [0.2, 0.25) is 5.91 Å². The lowest BCUT2D eigenvalue weighted by Crippen LogP contribution is -2.50. The van der Waals surface area contributed by atoms with Crippen molar-refractivity contribution in [2.45, 2.75) is 46.1 Å². The van der Waals surface area contributed by atoms with Crippen LogP contribution in [0.2, 0.25) is 0 Å². The molecule has 5 nitrogen and oxygen atoms in total. The molecule has 0 atom stereocenters. The van der Waals surface area contributed by atoms with Gasteiger partial charge in [-0.05, 0) is 25.0 Å². The minimum atomic E-state index is 0.214. The van der Waals surface area contributed by atoms with Gasteiger partial charge in [-0.2, -0.15) is 0 Å². The summed E-state index contributed by atoms with van der Waals surface area (Å²) in [6, 6.07) is 3.82. The van der Waals surface area contributed by atoms with Crippen LogP contribution in [0.4, 0.5) is 0 Å². The van der Waals surface area contributed by atoms with Crippen LogP contribution < -0.4 is 0 Å². The monoisotopic (exact) mass is 375 g/mol. The van der Waals surface area contributed by atoms with Crippen molar-refractivity contribution in [3.8, 4) is 11.5 Å². The number of carbonyl (C=O) groups is 1. The Hall–Kier alpha value is -1.66. The van der Waals surface area contributed by atoms with Gasteiger partial charge in [0.1, 0.15) is 10.7 Å². The van der Waals surface area contributed by atoms with E-state index in [1.165, 1.54) is 0 Å². The lowest BCUT2D eigenvalue weighted by molar-refractivity contribution is -0.137. The number of nitrogens with zero attached hydrogens (tertiary/aromatic N) is 3. The summed E-state index contributed by atoms with van der Waals surface area (Å²) in [6.45, 7) is 8.69. The van der Waals surface area contributed by atoms with Gasteiger partial charge in [0, 0.05) is 37.5 Å². The standard InChI is InChI=1S/C20H29N3O2S/c1-3-6-16(7-4-2)20(24)23-11-9-22(10-12-23)14-19-21-17(15-26-19)18-8-5-13-25-18/h5,8,13,15-16H,3-4,6-7,9-12,14H2,1-2H3. The molecule has 1 aliphatic heterocycles. The van der Waals surface area contributed by atoms with Crippen LogP contribution in [0, 0.1) is 5.92 Å². The first-order chi connectivity index (χ1) is 12.7. The second-order valence-corrected chi connectivity index (χ2v) is 7.92. The van der Waals surface area contributed by atoms with Crippen molar-refractivity contribution in [3.05, 3.63) is 28.8 Å². The molecule has 0 N–H and O–H groups in total. The Morgan fingerprint density at radius 3 is 2.58 bits per heavy atom. The number of rotatable bonds is 8. The molecule has 142 valence electrons. The van der Waals surface area contributed by atoms with Crippen LogP contribution in [0.5, 0.6) is 0 Å². The second kappa shape index (κ2) is 9.33. The molecule has 6 heteroatoms. The highest BCUT2D eigenvalue weighted by Crippen LogP contribution is 2.24. The molecule has 3 rings (SSSR count). The van der Waals surface area contributed by atoms with Crippen LogP contribution in [0.3, 0.4) is 0 Å². The molecule has 0 spiro atoms. The highest BCUT2D eigenvalue weighted by atomic mass is 32.1. The fourth-order valence-corrected chi connectivity index (χ4v) is 4.41. The lowest BCUT2D eigenvalue weighted by atomic mass is 9.96. The third-order valence-electron chi connectivity index (χ3n) is 4.99. The zero-order chi connectivity index (χ0) is 18.4. The third kappa shape index (κ3) is 4.74. The molecule has 26 heavy (non-hydrogen) atoms. The Morgan fingerprint density at radius 2 is 1.96 bits per heavy atom. The molecule has 1 fully saturated rings. The van der Waals surface area contributed by atoms with Crippen LogP contribution in [-0.2, 0) is 11.3 Å². The van der Waals surface area contributed by atoms with Crippen LogP contribution >= 0.6 is 11.3 Å². The average molecular weight is 376 g/mol. The van der Waals surface area contributed by atoms with E-state index in [2.05, 4.69) is 28.6 Å². The van der Waals surface area contributed by atoms with Gasteiger partial charge in [0.15, 0.2) is 5.76 Å². The second-order valence-electron chi connectivity index (χ2n) is 6.98. The lowest BCUT2D eigenvalue weighted by Gasteiger charge is -2.36. The Morgan fingerprint density at radius 1 is 1.23 bits per heavy atom. The number of hydrogen-bond donors (Lipinski definition) is 0. The molecule has 3 heterocycles. The zero-order valence-corrected chi connectivity index (χ0v) is 16.6. The van der Waals surface area contributed by atoms with Gasteiger partial charge in [-0.3, -0.25) is 9.69 Å². The quantitative estimate of drug-likeness (QED) is 0.692. The number of furan rings is 1. The Balaban J connectivity index is 1.50. The molecule has 0 unspecified atom stereocenters. The maximum absolute atomic E-state index is 12.8. The number of carbonyl (C=O) groups excluding carboxylic acids is 1. The van der Waals surface area contributed by atoms with E-state index in [9.17, 15) is 4.79 Å². The molecule has 0 aliphatic carbocycles. The van der Waals surface area contributed by atoms with Gasteiger partial charge in [0.25, 0.3) is 0 Å². The van der Waals surface area contributed by atoms with Crippen LogP contribution in [-0.4, -0.2) is 46.9 Å². The van der Waals surface area contributed by atoms with Gasteiger partial charge >= 0.3 is 0 Å². The number of aromatic nitrogens is 1. The third-order valence-corrected chi connectivity index (χ3v) is 5.83. The van der Waals surface area contributed by atoms with Crippen LogP contribution in [0.25, 0.3) is 11.5 Å². The van der Waals surface area contributed by atoms with Crippen molar-refractivity contribution in [1.29, 1.82) is 0 Å². The average Bonchev–Trinajstić information content (AvgIpc) is 3.33. The Labute approximate surface area is 160 Å². The molecular formula is C20H29N3O2S. The van der Waals surface area contributed by atoms with E-state index in [-0.39, 0.29) is 5.92 Å². The Kier molecular flexibility index (Phi) is 6.86. The fourth-order valence-electron chi connectivity index (χ4n) is 3.59. The molecule has 0 radical (unpaired) electrons. The summed E-state index contributed by atoms with van der Waals surface area (Å²) in [4.78, 5) is 21.9. The summed E-state index contributed by atoms with van der Waals surface area (Å²) in [5, 5.41) is 3.15. The van der Waals surface area contributed by atoms with Gasteiger partial charge < -0.3 is 9.32 Å². The van der Waals surface area contributed by atoms with Crippen molar-refractivity contribution in [3.63, 3.8) is 0 Å². The predicted molar refractivity (Wildman–Crippen MR) is 105 cm³/mol. The van der Waals surface area contributed by atoms with Crippen molar-refractivity contribution in [2.24, 2.45) is 5.92 Å².